The first-order valence-corrected chi connectivity index (χ1v) is 13.2. The van der Waals surface area contributed by atoms with Gasteiger partial charge in [-0.15, -0.1) is 0 Å². The molecule has 7 nitrogen and oxygen atoms in total. The van der Waals surface area contributed by atoms with Crippen LogP contribution in [0.15, 0.2) is 35.9 Å². The Morgan fingerprint density at radius 3 is 2.94 bits per heavy atom. The molecule has 1 aromatic heterocycles. The maximum absolute atomic E-state index is 13.9. The summed E-state index contributed by atoms with van der Waals surface area (Å²) in [6, 6.07) is 8.80. The lowest BCUT2D eigenvalue weighted by Crippen LogP contribution is -2.60. The Morgan fingerprint density at radius 2 is 2.00 bits per heavy atom. The zero-order valence-electron chi connectivity index (χ0n) is 19.7. The number of benzene rings is 1. The fraction of sp³-hybridized carbons (Fsp3) is 0.593. The van der Waals surface area contributed by atoms with Crippen LogP contribution in [0.4, 0.5) is 5.82 Å². The number of anilines is 1. The highest BCUT2D eigenvalue weighted by molar-refractivity contribution is 6.05. The van der Waals surface area contributed by atoms with E-state index in [1.807, 2.05) is 24.3 Å². The van der Waals surface area contributed by atoms with E-state index in [2.05, 4.69) is 26.1 Å². The van der Waals surface area contributed by atoms with E-state index in [1.54, 1.807) is 4.90 Å². The number of likely N-dealkylation sites (tertiary alicyclic amines) is 1. The summed E-state index contributed by atoms with van der Waals surface area (Å²) in [6.07, 6.45) is 10.2. The summed E-state index contributed by atoms with van der Waals surface area (Å²) in [7, 11) is 0. The van der Waals surface area contributed by atoms with Crippen LogP contribution in [0.1, 0.15) is 44.9 Å². The SMILES string of the molecule is O=C1CC(C(=O)N2CCCC3=CC4CC(CN5CCCCC45)C32)CN1c1n[nH]c2ccccc12. The Morgan fingerprint density at radius 1 is 1.09 bits per heavy atom. The highest BCUT2D eigenvalue weighted by Gasteiger charge is 2.48. The van der Waals surface area contributed by atoms with E-state index in [1.165, 1.54) is 37.8 Å². The Labute approximate surface area is 200 Å². The second-order valence-electron chi connectivity index (χ2n) is 11.0. The predicted molar refractivity (Wildman–Crippen MR) is 130 cm³/mol. The van der Waals surface area contributed by atoms with Gasteiger partial charge in [0.1, 0.15) is 0 Å². The van der Waals surface area contributed by atoms with Gasteiger partial charge in [-0.05, 0) is 62.6 Å². The zero-order valence-corrected chi connectivity index (χ0v) is 19.7. The number of fused-ring (bicyclic) bond motifs is 7. The van der Waals surface area contributed by atoms with Gasteiger partial charge in [0, 0.05) is 37.5 Å². The van der Waals surface area contributed by atoms with Crippen LogP contribution in [-0.4, -0.2) is 70.1 Å². The number of H-pyrrole nitrogens is 1. The predicted octanol–water partition coefficient (Wildman–Crippen LogP) is 3.34. The van der Waals surface area contributed by atoms with Crippen LogP contribution in [0.2, 0.25) is 0 Å². The van der Waals surface area contributed by atoms with Crippen molar-refractivity contribution in [1.29, 1.82) is 0 Å². The average molecular weight is 460 g/mol. The molecule has 7 heteroatoms. The van der Waals surface area contributed by atoms with Crippen LogP contribution < -0.4 is 4.90 Å². The highest BCUT2D eigenvalue weighted by Crippen LogP contribution is 2.45. The number of carbonyl (C=O) groups is 2. The third kappa shape index (κ3) is 3.16. The summed E-state index contributed by atoms with van der Waals surface area (Å²) in [6.45, 7) is 3.59. The first-order chi connectivity index (χ1) is 16.7. The van der Waals surface area contributed by atoms with E-state index in [-0.39, 0.29) is 30.2 Å². The van der Waals surface area contributed by atoms with Crippen LogP contribution in [0.25, 0.3) is 10.9 Å². The normalized spacial score (nSPS) is 33.6. The molecule has 2 bridgehead atoms. The van der Waals surface area contributed by atoms with Gasteiger partial charge in [0.25, 0.3) is 0 Å². The second-order valence-corrected chi connectivity index (χ2v) is 11.0. The molecule has 5 heterocycles. The lowest BCUT2D eigenvalue weighted by molar-refractivity contribution is -0.140. The molecule has 178 valence electrons. The van der Waals surface area contributed by atoms with Crippen molar-refractivity contribution in [2.24, 2.45) is 17.8 Å². The van der Waals surface area contributed by atoms with Crippen LogP contribution in [0.5, 0.6) is 0 Å². The molecule has 34 heavy (non-hydrogen) atoms. The standard InChI is InChI=1S/C27H33N5O2/c33-24-14-20(16-32(24)26-21-7-1-2-8-22(21)28-29-26)27(34)31-11-5-6-17-12-18-13-19(25(17)31)15-30-10-4-3-9-23(18)30/h1-2,7-8,12,18-20,23,25H,3-6,9-11,13-16H2,(H,28,29). The molecule has 5 aliphatic rings. The van der Waals surface area contributed by atoms with E-state index < -0.39 is 0 Å². The van der Waals surface area contributed by atoms with Gasteiger partial charge in [-0.25, -0.2) is 0 Å². The fourth-order valence-electron chi connectivity index (χ4n) is 7.69. The van der Waals surface area contributed by atoms with Crippen molar-refractivity contribution in [3.8, 4) is 0 Å². The van der Waals surface area contributed by atoms with Crippen molar-refractivity contribution in [3.05, 3.63) is 35.9 Å². The highest BCUT2D eigenvalue weighted by atomic mass is 16.2. The van der Waals surface area contributed by atoms with Gasteiger partial charge in [0.2, 0.25) is 11.8 Å². The number of aromatic amines is 1. The van der Waals surface area contributed by atoms with Crippen molar-refractivity contribution in [3.63, 3.8) is 0 Å². The molecule has 1 aromatic carbocycles. The maximum atomic E-state index is 13.9. The first-order valence-electron chi connectivity index (χ1n) is 13.2. The molecular formula is C27H33N5O2. The minimum absolute atomic E-state index is 0.000844. The number of nitrogens with one attached hydrogen (secondary N) is 1. The zero-order chi connectivity index (χ0) is 22.8. The summed E-state index contributed by atoms with van der Waals surface area (Å²) in [5.41, 5.74) is 2.42. The summed E-state index contributed by atoms with van der Waals surface area (Å²) in [5.74, 6) is 1.74. The van der Waals surface area contributed by atoms with Crippen LogP contribution in [0, 0.1) is 17.8 Å². The Balaban J connectivity index is 1.14. The van der Waals surface area contributed by atoms with Crippen molar-refractivity contribution >= 4 is 28.5 Å². The number of rotatable bonds is 2. The number of carbonyl (C=O) groups excluding carboxylic acids is 2. The third-order valence-electron chi connectivity index (χ3n) is 9.12. The lowest BCUT2D eigenvalue weighted by atomic mass is 9.68. The molecule has 1 aliphatic carbocycles. The first kappa shape index (κ1) is 20.7. The second kappa shape index (κ2) is 7.94. The molecule has 7 rings (SSSR count). The van der Waals surface area contributed by atoms with E-state index in [4.69, 9.17) is 0 Å². The van der Waals surface area contributed by atoms with Crippen LogP contribution in [-0.2, 0) is 9.59 Å². The molecule has 5 atom stereocenters. The van der Waals surface area contributed by atoms with Gasteiger partial charge in [0.15, 0.2) is 5.82 Å². The Hall–Kier alpha value is -2.67. The number of hydrogen-bond donors (Lipinski definition) is 1. The van der Waals surface area contributed by atoms with Gasteiger partial charge in [-0.3, -0.25) is 24.5 Å². The number of nitrogens with zero attached hydrogens (tertiary/aromatic N) is 4. The van der Waals surface area contributed by atoms with Gasteiger partial charge in [0.05, 0.1) is 17.5 Å². The topological polar surface area (TPSA) is 72.5 Å². The molecule has 5 unspecified atom stereocenters. The lowest BCUT2D eigenvalue weighted by Gasteiger charge is -2.55. The van der Waals surface area contributed by atoms with E-state index in [0.29, 0.717) is 30.2 Å². The molecule has 2 aromatic rings. The van der Waals surface area contributed by atoms with E-state index in [9.17, 15) is 9.59 Å². The summed E-state index contributed by atoms with van der Waals surface area (Å²) in [4.78, 5) is 33.5. The van der Waals surface area contributed by atoms with Gasteiger partial charge in [-0.1, -0.05) is 30.2 Å². The molecule has 0 spiro atoms. The van der Waals surface area contributed by atoms with Crippen LogP contribution >= 0.6 is 0 Å². The monoisotopic (exact) mass is 459 g/mol. The smallest absolute Gasteiger partial charge is 0.229 e. The molecule has 0 radical (unpaired) electrons. The van der Waals surface area contributed by atoms with Gasteiger partial charge in [-0.2, -0.15) is 5.10 Å². The number of hydrogen-bond acceptors (Lipinski definition) is 4. The van der Waals surface area contributed by atoms with Gasteiger partial charge >= 0.3 is 0 Å². The molecule has 0 saturated carbocycles. The molecule has 2 amide bonds. The van der Waals surface area contributed by atoms with Crippen molar-refractivity contribution in [2.45, 2.75) is 57.0 Å². The third-order valence-corrected chi connectivity index (χ3v) is 9.12. The largest absolute Gasteiger partial charge is 0.335 e. The van der Waals surface area contributed by atoms with Crippen molar-refractivity contribution in [2.75, 3.05) is 31.1 Å². The Kier molecular flexibility index (Phi) is 4.83. The van der Waals surface area contributed by atoms with Gasteiger partial charge < -0.3 is 4.90 Å². The number of piperidine rings is 3. The van der Waals surface area contributed by atoms with Crippen LogP contribution in [0.3, 0.4) is 0 Å². The number of para-hydroxylation sites is 1. The molecule has 4 saturated heterocycles. The summed E-state index contributed by atoms with van der Waals surface area (Å²) in [5, 5.41) is 8.38. The maximum Gasteiger partial charge on any atom is 0.229 e. The number of amides is 2. The number of aromatic nitrogens is 2. The van der Waals surface area contributed by atoms with E-state index in [0.717, 1.165) is 36.8 Å². The summed E-state index contributed by atoms with van der Waals surface area (Å²) >= 11 is 0. The molecule has 4 fully saturated rings. The minimum Gasteiger partial charge on any atom is -0.335 e. The van der Waals surface area contributed by atoms with E-state index >= 15 is 0 Å². The molecule has 1 N–H and O–H groups in total. The summed E-state index contributed by atoms with van der Waals surface area (Å²) < 4.78 is 0. The van der Waals surface area contributed by atoms with Crippen molar-refractivity contribution in [1.82, 2.24) is 20.0 Å². The fourth-order valence-corrected chi connectivity index (χ4v) is 7.69. The molecule has 4 aliphatic heterocycles. The quantitative estimate of drug-likeness (QED) is 0.700. The minimum atomic E-state index is -0.286. The Bertz CT molecular complexity index is 1170. The van der Waals surface area contributed by atoms with Crippen molar-refractivity contribution < 1.29 is 9.59 Å². The average Bonchev–Trinajstić information content (AvgIpc) is 3.46. The molecular weight excluding hydrogens is 426 g/mol.